The summed E-state index contributed by atoms with van der Waals surface area (Å²) in [4.78, 5) is 0. The maximum absolute atomic E-state index is 9.30. The summed E-state index contributed by atoms with van der Waals surface area (Å²) in [7, 11) is 0. The van der Waals surface area contributed by atoms with Gasteiger partial charge in [0.2, 0.25) is 0 Å². The summed E-state index contributed by atoms with van der Waals surface area (Å²) in [6, 6.07) is 0. The van der Waals surface area contributed by atoms with E-state index in [0.717, 1.165) is 46.8 Å². The van der Waals surface area contributed by atoms with Gasteiger partial charge < -0.3 is 5.11 Å². The van der Waals surface area contributed by atoms with Gasteiger partial charge in [-0.15, -0.1) is 0 Å². The van der Waals surface area contributed by atoms with Gasteiger partial charge in [-0.2, -0.15) is 0 Å². The van der Waals surface area contributed by atoms with Crippen LogP contribution in [0, 0.1) is 45.8 Å². The minimum absolute atomic E-state index is 0.396. The molecule has 136 valence electrons. The maximum Gasteiger partial charge on any atom is 0.0431 e. The van der Waals surface area contributed by atoms with Crippen LogP contribution in [0.1, 0.15) is 90.9 Å². The third-order valence-electron chi connectivity index (χ3n) is 10.6. The second-order valence-corrected chi connectivity index (χ2v) is 10.9. The van der Waals surface area contributed by atoms with Gasteiger partial charge in [0.1, 0.15) is 0 Å². The lowest BCUT2D eigenvalue weighted by atomic mass is 9.48. The average Bonchev–Trinajstić information content (AvgIpc) is 3.11. The summed E-state index contributed by atoms with van der Waals surface area (Å²) < 4.78 is 0. The number of aliphatic hydroxyl groups excluding tert-OH is 1. The molecule has 0 radical (unpaired) electrons. The van der Waals surface area contributed by atoms with Crippen molar-refractivity contribution in [2.75, 3.05) is 6.61 Å². The third kappa shape index (κ3) is 1.81. The second kappa shape index (κ2) is 5.24. The van der Waals surface area contributed by atoms with Gasteiger partial charge in [-0.3, -0.25) is 0 Å². The van der Waals surface area contributed by atoms with E-state index in [1.807, 2.05) is 0 Å². The first-order valence-corrected chi connectivity index (χ1v) is 11.2. The Labute approximate surface area is 149 Å². The largest absolute Gasteiger partial charge is 0.396 e. The summed E-state index contributed by atoms with van der Waals surface area (Å²) in [6.45, 7) is 5.63. The fraction of sp³-hybridized carbons (Fsp3) is 1.00. The van der Waals surface area contributed by atoms with Gasteiger partial charge in [0.05, 0.1) is 0 Å². The smallest absolute Gasteiger partial charge is 0.0431 e. The van der Waals surface area contributed by atoms with Crippen molar-refractivity contribution >= 4 is 0 Å². The minimum atomic E-state index is 0.396. The summed E-state index contributed by atoms with van der Waals surface area (Å²) >= 11 is 0. The van der Waals surface area contributed by atoms with Crippen molar-refractivity contribution in [3.05, 3.63) is 0 Å². The molecule has 5 aliphatic carbocycles. The molecule has 0 aromatic carbocycles. The zero-order chi connectivity index (χ0) is 16.6. The topological polar surface area (TPSA) is 20.2 Å². The highest BCUT2D eigenvalue weighted by Crippen LogP contribution is 2.85. The fourth-order valence-corrected chi connectivity index (χ4v) is 9.53. The van der Waals surface area contributed by atoms with E-state index in [2.05, 4.69) is 13.8 Å². The van der Waals surface area contributed by atoms with Crippen molar-refractivity contribution in [3.63, 3.8) is 0 Å². The van der Waals surface area contributed by atoms with Gasteiger partial charge in [-0.25, -0.2) is 0 Å². The predicted octanol–water partition coefficient (Wildman–Crippen LogP) is 5.81. The van der Waals surface area contributed by atoms with E-state index in [-0.39, 0.29) is 0 Å². The van der Waals surface area contributed by atoms with E-state index in [1.165, 1.54) is 38.5 Å². The van der Waals surface area contributed by atoms with Crippen molar-refractivity contribution in [3.8, 4) is 0 Å². The monoisotopic (exact) mass is 330 g/mol. The highest BCUT2D eigenvalue weighted by molar-refractivity contribution is 5.26. The van der Waals surface area contributed by atoms with Crippen LogP contribution in [0.25, 0.3) is 0 Å². The molecular formula is C23H38O. The van der Waals surface area contributed by atoms with Crippen LogP contribution in [0.5, 0.6) is 0 Å². The third-order valence-corrected chi connectivity index (χ3v) is 10.6. The highest BCUT2D eigenvalue weighted by Gasteiger charge is 2.78. The highest BCUT2D eigenvalue weighted by atomic mass is 16.2. The van der Waals surface area contributed by atoms with Crippen molar-refractivity contribution < 1.29 is 5.11 Å². The Morgan fingerprint density at radius 1 is 0.875 bits per heavy atom. The number of hydrogen-bond acceptors (Lipinski definition) is 1. The molecule has 1 heteroatoms. The Hall–Kier alpha value is -0.0400. The first kappa shape index (κ1) is 16.2. The molecule has 5 rings (SSSR count). The zero-order valence-electron chi connectivity index (χ0n) is 16.0. The second-order valence-electron chi connectivity index (χ2n) is 10.9. The summed E-state index contributed by atoms with van der Waals surface area (Å²) in [5.41, 5.74) is 2.21. The molecule has 8 unspecified atom stereocenters. The number of aliphatic hydroxyl groups is 1. The first-order chi connectivity index (χ1) is 11.6. The lowest BCUT2D eigenvalue weighted by Gasteiger charge is -2.56. The molecule has 0 bridgehead atoms. The SMILES string of the molecule is CC1CCCC23CC24CCC2(C)C(CCCO)CCC2C4CCC13. The number of rotatable bonds is 3. The Morgan fingerprint density at radius 3 is 2.46 bits per heavy atom. The molecule has 5 saturated carbocycles. The molecule has 2 spiro atoms. The van der Waals surface area contributed by atoms with E-state index in [4.69, 9.17) is 0 Å². The lowest BCUT2D eigenvalue weighted by molar-refractivity contribution is -0.0751. The van der Waals surface area contributed by atoms with E-state index in [9.17, 15) is 5.11 Å². The van der Waals surface area contributed by atoms with Crippen molar-refractivity contribution in [2.24, 2.45) is 45.8 Å². The van der Waals surface area contributed by atoms with Crippen LogP contribution in [0.2, 0.25) is 0 Å². The molecule has 0 aromatic rings. The first-order valence-electron chi connectivity index (χ1n) is 11.2. The van der Waals surface area contributed by atoms with Crippen LogP contribution in [-0.2, 0) is 0 Å². The molecule has 0 amide bonds. The van der Waals surface area contributed by atoms with Gasteiger partial charge in [0.15, 0.2) is 0 Å². The molecule has 5 aliphatic rings. The molecule has 1 nitrogen and oxygen atoms in total. The van der Waals surface area contributed by atoms with Crippen molar-refractivity contribution in [1.82, 2.24) is 0 Å². The summed E-state index contributed by atoms with van der Waals surface area (Å²) in [6.07, 6.45) is 17.7. The van der Waals surface area contributed by atoms with Crippen LogP contribution >= 0.6 is 0 Å². The zero-order valence-corrected chi connectivity index (χ0v) is 16.0. The molecular weight excluding hydrogens is 292 g/mol. The Balaban J connectivity index is 1.42. The van der Waals surface area contributed by atoms with Crippen LogP contribution in [0.15, 0.2) is 0 Å². The quantitative estimate of drug-likeness (QED) is 0.692. The normalized spacial score (nSPS) is 58.4. The number of hydrogen-bond donors (Lipinski definition) is 1. The van der Waals surface area contributed by atoms with Crippen LogP contribution < -0.4 is 0 Å². The molecule has 0 saturated heterocycles. The predicted molar refractivity (Wildman–Crippen MR) is 98.6 cm³/mol. The standard InChI is InChI=1S/C23H38O/c1-16-5-3-11-22-15-23(22)13-12-21(2)17(6-4-14-24)7-8-19(21)20(23)10-9-18(16)22/h16-20,24H,3-15H2,1-2H3. The Bertz CT molecular complexity index is 514. The molecule has 8 atom stereocenters. The van der Waals surface area contributed by atoms with E-state index >= 15 is 0 Å². The van der Waals surface area contributed by atoms with Gasteiger partial charge in [0.25, 0.3) is 0 Å². The molecule has 0 heterocycles. The maximum atomic E-state index is 9.30. The van der Waals surface area contributed by atoms with Crippen LogP contribution in [-0.4, -0.2) is 11.7 Å². The minimum Gasteiger partial charge on any atom is -0.396 e. The average molecular weight is 331 g/mol. The van der Waals surface area contributed by atoms with E-state index in [0.29, 0.717) is 12.0 Å². The summed E-state index contributed by atoms with van der Waals surface area (Å²) in [5, 5.41) is 9.30. The lowest BCUT2D eigenvalue weighted by Crippen LogP contribution is -2.49. The fourth-order valence-electron chi connectivity index (χ4n) is 9.53. The van der Waals surface area contributed by atoms with Crippen molar-refractivity contribution in [1.29, 1.82) is 0 Å². The molecule has 24 heavy (non-hydrogen) atoms. The number of fused-ring (bicyclic) bond motifs is 2. The van der Waals surface area contributed by atoms with Gasteiger partial charge in [0, 0.05) is 6.61 Å². The van der Waals surface area contributed by atoms with Gasteiger partial charge in [-0.05, 0) is 110 Å². The Kier molecular flexibility index (Phi) is 3.53. The van der Waals surface area contributed by atoms with E-state index < -0.39 is 0 Å². The van der Waals surface area contributed by atoms with Gasteiger partial charge >= 0.3 is 0 Å². The molecule has 0 aromatic heterocycles. The Morgan fingerprint density at radius 2 is 1.62 bits per heavy atom. The van der Waals surface area contributed by atoms with Crippen molar-refractivity contribution in [2.45, 2.75) is 90.9 Å². The molecule has 5 fully saturated rings. The van der Waals surface area contributed by atoms with Gasteiger partial charge in [-0.1, -0.05) is 26.7 Å². The van der Waals surface area contributed by atoms with E-state index in [1.54, 1.807) is 32.1 Å². The van der Waals surface area contributed by atoms with Crippen LogP contribution in [0.4, 0.5) is 0 Å². The summed E-state index contributed by atoms with van der Waals surface area (Å²) in [5.74, 6) is 5.08. The van der Waals surface area contributed by atoms with Crippen LogP contribution in [0.3, 0.4) is 0 Å². The molecule has 0 aliphatic heterocycles. The molecule has 1 N–H and O–H groups in total.